The summed E-state index contributed by atoms with van der Waals surface area (Å²) < 4.78 is 1.90. The molecule has 0 unspecified atom stereocenters. The van der Waals surface area contributed by atoms with E-state index in [1.165, 1.54) is 32.1 Å². The van der Waals surface area contributed by atoms with Gasteiger partial charge in [0, 0.05) is 6.54 Å². The van der Waals surface area contributed by atoms with E-state index in [0.717, 1.165) is 6.54 Å². The normalized spacial score (nSPS) is 17.1. The zero-order chi connectivity index (χ0) is 13.4. The van der Waals surface area contributed by atoms with Crippen LogP contribution in [0.15, 0.2) is 4.79 Å². The zero-order valence-electron chi connectivity index (χ0n) is 11.1. The van der Waals surface area contributed by atoms with Gasteiger partial charge in [-0.2, -0.15) is 0 Å². The lowest BCUT2D eigenvalue weighted by atomic mass is 9.89. The minimum Gasteiger partial charge on any atom is -0.369 e. The van der Waals surface area contributed by atoms with Crippen molar-refractivity contribution in [3.63, 3.8) is 0 Å². The standard InChI is InChI=1S/C13H19N5O/c1-8-15-11-10(12(19)16-8)17-13(14)18(11)7-9-5-3-2-4-6-9/h9H,2-7H2,1H3,(H2,14,17)(H,15,16,19). The number of hydrogen-bond donors (Lipinski definition) is 2. The highest BCUT2D eigenvalue weighted by Crippen LogP contribution is 2.26. The van der Waals surface area contributed by atoms with Crippen LogP contribution in [0.1, 0.15) is 37.9 Å². The maximum absolute atomic E-state index is 11.8. The molecule has 0 spiro atoms. The van der Waals surface area contributed by atoms with E-state index in [1.54, 1.807) is 6.92 Å². The lowest BCUT2D eigenvalue weighted by molar-refractivity contribution is 0.323. The van der Waals surface area contributed by atoms with Gasteiger partial charge in [-0.25, -0.2) is 9.97 Å². The summed E-state index contributed by atoms with van der Waals surface area (Å²) in [5.74, 6) is 1.61. The number of aromatic nitrogens is 4. The van der Waals surface area contributed by atoms with E-state index in [-0.39, 0.29) is 5.56 Å². The van der Waals surface area contributed by atoms with Gasteiger partial charge in [-0.1, -0.05) is 19.3 Å². The van der Waals surface area contributed by atoms with E-state index >= 15 is 0 Å². The first-order valence-electron chi connectivity index (χ1n) is 6.88. The van der Waals surface area contributed by atoms with Crippen LogP contribution in [0.4, 0.5) is 5.95 Å². The van der Waals surface area contributed by atoms with Crippen molar-refractivity contribution in [2.75, 3.05) is 5.73 Å². The number of H-pyrrole nitrogens is 1. The maximum Gasteiger partial charge on any atom is 0.279 e. The van der Waals surface area contributed by atoms with Crippen LogP contribution in [0.25, 0.3) is 11.2 Å². The van der Waals surface area contributed by atoms with Gasteiger partial charge in [0.05, 0.1) is 0 Å². The lowest BCUT2D eigenvalue weighted by Gasteiger charge is -2.22. The molecule has 3 rings (SSSR count). The molecule has 6 heteroatoms. The van der Waals surface area contributed by atoms with E-state index in [4.69, 9.17) is 5.73 Å². The molecule has 19 heavy (non-hydrogen) atoms. The van der Waals surface area contributed by atoms with Crippen molar-refractivity contribution < 1.29 is 0 Å². The molecule has 0 aliphatic heterocycles. The van der Waals surface area contributed by atoms with E-state index in [1.807, 2.05) is 4.57 Å². The molecule has 0 bridgehead atoms. The molecule has 0 saturated heterocycles. The number of fused-ring (bicyclic) bond motifs is 1. The van der Waals surface area contributed by atoms with Crippen molar-refractivity contribution in [3.8, 4) is 0 Å². The van der Waals surface area contributed by atoms with Gasteiger partial charge in [-0.05, 0) is 25.7 Å². The molecule has 3 N–H and O–H groups in total. The molecule has 2 heterocycles. The summed E-state index contributed by atoms with van der Waals surface area (Å²) in [7, 11) is 0. The molecule has 0 aromatic carbocycles. The van der Waals surface area contributed by atoms with E-state index in [0.29, 0.717) is 28.9 Å². The second-order valence-electron chi connectivity index (χ2n) is 5.41. The number of imidazole rings is 1. The molecular weight excluding hydrogens is 242 g/mol. The highest BCUT2D eigenvalue weighted by molar-refractivity contribution is 5.72. The number of nitrogens with zero attached hydrogens (tertiary/aromatic N) is 3. The first-order chi connectivity index (χ1) is 9.15. The molecule has 102 valence electrons. The molecular formula is C13H19N5O. The van der Waals surface area contributed by atoms with Crippen LogP contribution in [-0.4, -0.2) is 19.5 Å². The summed E-state index contributed by atoms with van der Waals surface area (Å²) in [5, 5.41) is 0. The minimum atomic E-state index is -0.211. The van der Waals surface area contributed by atoms with Gasteiger partial charge in [0.25, 0.3) is 5.56 Å². The Balaban J connectivity index is 2.02. The lowest BCUT2D eigenvalue weighted by Crippen LogP contribution is -2.17. The predicted octanol–water partition coefficient (Wildman–Crippen LogP) is 1.59. The van der Waals surface area contributed by atoms with E-state index in [2.05, 4.69) is 15.0 Å². The molecule has 0 radical (unpaired) electrons. The Hall–Kier alpha value is -1.85. The average molecular weight is 261 g/mol. The highest BCUT2D eigenvalue weighted by Gasteiger charge is 2.19. The third-order valence-corrected chi connectivity index (χ3v) is 3.92. The number of aromatic amines is 1. The van der Waals surface area contributed by atoms with Crippen LogP contribution in [0, 0.1) is 12.8 Å². The Kier molecular flexibility index (Phi) is 3.00. The topological polar surface area (TPSA) is 89.6 Å². The van der Waals surface area contributed by atoms with E-state index in [9.17, 15) is 4.79 Å². The molecule has 1 fully saturated rings. The maximum atomic E-state index is 11.8. The fourth-order valence-corrected chi connectivity index (χ4v) is 2.95. The first-order valence-corrected chi connectivity index (χ1v) is 6.88. The molecule has 1 aliphatic rings. The van der Waals surface area contributed by atoms with Crippen LogP contribution in [0.3, 0.4) is 0 Å². The largest absolute Gasteiger partial charge is 0.369 e. The Morgan fingerprint density at radius 2 is 2.05 bits per heavy atom. The van der Waals surface area contributed by atoms with Gasteiger partial charge in [0.2, 0.25) is 5.95 Å². The molecule has 2 aromatic rings. The molecule has 2 aromatic heterocycles. The van der Waals surface area contributed by atoms with Crippen molar-refractivity contribution in [1.82, 2.24) is 19.5 Å². The summed E-state index contributed by atoms with van der Waals surface area (Å²) in [5.41, 5.74) is 6.70. The van der Waals surface area contributed by atoms with E-state index < -0.39 is 0 Å². The number of anilines is 1. The molecule has 0 amide bonds. The number of nitrogens with two attached hydrogens (primary N) is 1. The third-order valence-electron chi connectivity index (χ3n) is 3.92. The minimum absolute atomic E-state index is 0.211. The molecule has 0 atom stereocenters. The van der Waals surface area contributed by atoms with Crippen LogP contribution in [-0.2, 0) is 6.54 Å². The van der Waals surface area contributed by atoms with Crippen molar-refractivity contribution in [1.29, 1.82) is 0 Å². The second kappa shape index (κ2) is 4.68. The number of hydrogen-bond acceptors (Lipinski definition) is 4. The number of nitrogen functional groups attached to an aromatic ring is 1. The van der Waals surface area contributed by atoms with Crippen LogP contribution < -0.4 is 11.3 Å². The Labute approximate surface area is 111 Å². The van der Waals surface area contributed by atoms with Crippen molar-refractivity contribution in [3.05, 3.63) is 16.2 Å². The van der Waals surface area contributed by atoms with Gasteiger partial charge >= 0.3 is 0 Å². The van der Waals surface area contributed by atoms with Crippen molar-refractivity contribution in [2.24, 2.45) is 5.92 Å². The van der Waals surface area contributed by atoms with Gasteiger partial charge in [-0.15, -0.1) is 0 Å². The fourth-order valence-electron chi connectivity index (χ4n) is 2.95. The Bertz CT molecular complexity index is 651. The summed E-state index contributed by atoms with van der Waals surface area (Å²) in [4.78, 5) is 23.0. The quantitative estimate of drug-likeness (QED) is 0.859. The first kappa shape index (κ1) is 12.2. The van der Waals surface area contributed by atoms with Crippen molar-refractivity contribution in [2.45, 2.75) is 45.6 Å². The number of nitrogens with one attached hydrogen (secondary N) is 1. The highest BCUT2D eigenvalue weighted by atomic mass is 16.1. The summed E-state index contributed by atoms with van der Waals surface area (Å²) in [6.45, 7) is 2.59. The van der Waals surface area contributed by atoms with Gasteiger partial charge < -0.3 is 10.7 Å². The SMILES string of the molecule is Cc1nc2c(nc(N)n2CC2CCCCC2)c(=O)[nH]1. The van der Waals surface area contributed by atoms with Crippen molar-refractivity contribution >= 4 is 17.1 Å². The third kappa shape index (κ3) is 2.22. The van der Waals surface area contributed by atoms with Crippen LogP contribution >= 0.6 is 0 Å². The number of aryl methyl sites for hydroxylation is 1. The number of rotatable bonds is 2. The van der Waals surface area contributed by atoms with Gasteiger partial charge in [0.15, 0.2) is 11.2 Å². The summed E-state index contributed by atoms with van der Waals surface area (Å²) in [6.07, 6.45) is 6.34. The zero-order valence-corrected chi connectivity index (χ0v) is 11.1. The second-order valence-corrected chi connectivity index (χ2v) is 5.41. The smallest absolute Gasteiger partial charge is 0.279 e. The summed E-state index contributed by atoms with van der Waals surface area (Å²) in [6, 6.07) is 0. The van der Waals surface area contributed by atoms with Gasteiger partial charge in [-0.3, -0.25) is 9.36 Å². The van der Waals surface area contributed by atoms with Crippen LogP contribution in [0.2, 0.25) is 0 Å². The molecule has 1 aliphatic carbocycles. The predicted molar refractivity (Wildman–Crippen MR) is 73.9 cm³/mol. The van der Waals surface area contributed by atoms with Gasteiger partial charge in [0.1, 0.15) is 5.82 Å². The Morgan fingerprint density at radius 1 is 1.32 bits per heavy atom. The average Bonchev–Trinajstić information content (AvgIpc) is 2.69. The molecule has 1 saturated carbocycles. The Morgan fingerprint density at radius 3 is 2.79 bits per heavy atom. The monoisotopic (exact) mass is 261 g/mol. The van der Waals surface area contributed by atoms with Crippen LogP contribution in [0.5, 0.6) is 0 Å². The fraction of sp³-hybridized carbons (Fsp3) is 0.615. The molecule has 6 nitrogen and oxygen atoms in total. The summed E-state index contributed by atoms with van der Waals surface area (Å²) >= 11 is 0.